The molecule has 0 aromatic heterocycles. The van der Waals surface area contributed by atoms with Gasteiger partial charge in [0.15, 0.2) is 0 Å². The van der Waals surface area contributed by atoms with Crippen LogP contribution in [-0.2, 0) is 14.3 Å². The minimum absolute atomic E-state index is 0.0186. The van der Waals surface area contributed by atoms with E-state index in [0.29, 0.717) is 11.1 Å². The molecule has 1 aromatic rings. The standard InChI is InChI=1S/C26H37N3O5/c1-6-19-12-10-11-15-21(19)22(23(31)28-20-13-8-7-9-14-20)29(16-17-30)24(32)18(2)27-25(33)34-26(3,4)5/h1,10-12,15,18,20,22,30H,7-9,13-14,16-17H2,2-5H3,(H,27,33)(H,28,31). The highest BCUT2D eigenvalue weighted by Crippen LogP contribution is 2.27. The largest absolute Gasteiger partial charge is 0.444 e. The third kappa shape index (κ3) is 7.77. The van der Waals surface area contributed by atoms with Gasteiger partial charge in [0, 0.05) is 18.2 Å². The number of aliphatic hydroxyl groups is 1. The number of amides is 3. The molecule has 0 bridgehead atoms. The van der Waals surface area contributed by atoms with Gasteiger partial charge in [-0.25, -0.2) is 4.79 Å². The zero-order valence-corrected chi connectivity index (χ0v) is 20.6. The Morgan fingerprint density at radius 2 is 1.85 bits per heavy atom. The van der Waals surface area contributed by atoms with Crippen LogP contribution >= 0.6 is 0 Å². The second kappa shape index (κ2) is 12.4. The Hall–Kier alpha value is -3.05. The van der Waals surface area contributed by atoms with Gasteiger partial charge in [0.05, 0.1) is 6.61 Å². The quantitative estimate of drug-likeness (QED) is 0.506. The molecule has 186 valence electrons. The molecule has 1 aliphatic carbocycles. The van der Waals surface area contributed by atoms with Crippen molar-refractivity contribution in [3.05, 3.63) is 35.4 Å². The molecule has 0 saturated heterocycles. The van der Waals surface area contributed by atoms with Crippen LogP contribution in [0.3, 0.4) is 0 Å². The third-order valence-corrected chi connectivity index (χ3v) is 5.65. The van der Waals surface area contributed by atoms with Crippen molar-refractivity contribution in [1.82, 2.24) is 15.5 Å². The lowest BCUT2D eigenvalue weighted by Crippen LogP contribution is -2.53. The molecule has 8 nitrogen and oxygen atoms in total. The maximum atomic E-state index is 13.6. The molecular formula is C26H37N3O5. The topological polar surface area (TPSA) is 108 Å². The zero-order valence-electron chi connectivity index (χ0n) is 20.6. The van der Waals surface area contributed by atoms with Crippen LogP contribution < -0.4 is 10.6 Å². The van der Waals surface area contributed by atoms with Crippen molar-refractivity contribution in [2.45, 2.75) is 83.5 Å². The fraction of sp³-hybridized carbons (Fsp3) is 0.577. The van der Waals surface area contributed by atoms with Crippen molar-refractivity contribution in [3.8, 4) is 12.3 Å². The van der Waals surface area contributed by atoms with E-state index < -0.39 is 29.7 Å². The lowest BCUT2D eigenvalue weighted by molar-refractivity contribution is -0.143. The minimum atomic E-state index is -1.06. The lowest BCUT2D eigenvalue weighted by atomic mass is 9.93. The molecule has 3 N–H and O–H groups in total. The molecule has 0 spiro atoms. The predicted octanol–water partition coefficient (Wildman–Crippen LogP) is 2.89. The molecule has 2 rings (SSSR count). The molecule has 2 unspecified atom stereocenters. The summed E-state index contributed by atoms with van der Waals surface area (Å²) in [6, 6.07) is 4.90. The highest BCUT2D eigenvalue weighted by atomic mass is 16.6. The summed E-state index contributed by atoms with van der Waals surface area (Å²) in [6.07, 6.45) is 9.91. The first-order valence-electron chi connectivity index (χ1n) is 11.8. The van der Waals surface area contributed by atoms with Crippen LogP contribution in [0.5, 0.6) is 0 Å². The number of carbonyl (C=O) groups excluding carboxylic acids is 3. The molecule has 34 heavy (non-hydrogen) atoms. The van der Waals surface area contributed by atoms with Gasteiger partial charge >= 0.3 is 6.09 Å². The Kier molecular flexibility index (Phi) is 9.94. The molecule has 3 amide bonds. The molecule has 1 aliphatic rings. The van der Waals surface area contributed by atoms with Crippen molar-refractivity contribution < 1.29 is 24.2 Å². The van der Waals surface area contributed by atoms with E-state index >= 15 is 0 Å². The summed E-state index contributed by atoms with van der Waals surface area (Å²) >= 11 is 0. The van der Waals surface area contributed by atoms with Gasteiger partial charge in [0.1, 0.15) is 17.7 Å². The molecule has 0 aliphatic heterocycles. The van der Waals surface area contributed by atoms with Gasteiger partial charge in [0.25, 0.3) is 0 Å². The van der Waals surface area contributed by atoms with Crippen LogP contribution in [0.2, 0.25) is 0 Å². The number of rotatable bonds is 8. The summed E-state index contributed by atoms with van der Waals surface area (Å²) in [7, 11) is 0. The second-order valence-electron chi connectivity index (χ2n) is 9.60. The predicted molar refractivity (Wildman–Crippen MR) is 130 cm³/mol. The molecular weight excluding hydrogens is 434 g/mol. The average molecular weight is 472 g/mol. The van der Waals surface area contributed by atoms with Crippen LogP contribution in [-0.4, -0.2) is 58.8 Å². The molecule has 8 heteroatoms. The molecule has 1 fully saturated rings. The molecule has 0 radical (unpaired) electrons. The van der Waals surface area contributed by atoms with E-state index in [1.165, 1.54) is 11.8 Å². The highest BCUT2D eigenvalue weighted by molar-refractivity contribution is 5.92. The van der Waals surface area contributed by atoms with Crippen molar-refractivity contribution in [1.29, 1.82) is 0 Å². The van der Waals surface area contributed by atoms with Gasteiger partial charge < -0.3 is 25.4 Å². The Balaban J connectivity index is 2.37. The van der Waals surface area contributed by atoms with Gasteiger partial charge in [0.2, 0.25) is 11.8 Å². The fourth-order valence-corrected chi connectivity index (χ4v) is 4.11. The van der Waals surface area contributed by atoms with E-state index in [9.17, 15) is 19.5 Å². The Bertz CT molecular complexity index is 896. The summed E-state index contributed by atoms with van der Waals surface area (Å²) < 4.78 is 5.25. The Labute approximate surface area is 202 Å². The SMILES string of the molecule is C#Cc1ccccc1C(C(=O)NC1CCCCC1)N(CCO)C(=O)C(C)NC(=O)OC(C)(C)C. The number of carbonyl (C=O) groups is 3. The van der Waals surface area contributed by atoms with Gasteiger partial charge in [-0.3, -0.25) is 9.59 Å². The van der Waals surface area contributed by atoms with Crippen molar-refractivity contribution >= 4 is 17.9 Å². The average Bonchev–Trinajstić information content (AvgIpc) is 2.77. The second-order valence-corrected chi connectivity index (χ2v) is 9.60. The third-order valence-electron chi connectivity index (χ3n) is 5.65. The number of ether oxygens (including phenoxy) is 1. The zero-order chi connectivity index (χ0) is 25.3. The summed E-state index contributed by atoms with van der Waals surface area (Å²) in [6.45, 7) is 6.20. The summed E-state index contributed by atoms with van der Waals surface area (Å²) in [4.78, 5) is 40.5. The number of terminal acetylenes is 1. The van der Waals surface area contributed by atoms with Crippen LogP contribution in [0.25, 0.3) is 0 Å². The molecule has 0 heterocycles. The Morgan fingerprint density at radius 1 is 1.21 bits per heavy atom. The smallest absolute Gasteiger partial charge is 0.408 e. The first kappa shape index (κ1) is 27.2. The lowest BCUT2D eigenvalue weighted by Gasteiger charge is -2.35. The van der Waals surface area contributed by atoms with Crippen LogP contribution in [0, 0.1) is 12.3 Å². The van der Waals surface area contributed by atoms with Crippen LogP contribution in [0.1, 0.15) is 77.0 Å². The van der Waals surface area contributed by atoms with Gasteiger partial charge in [-0.05, 0) is 52.2 Å². The maximum absolute atomic E-state index is 13.6. The first-order valence-corrected chi connectivity index (χ1v) is 11.8. The van der Waals surface area contributed by atoms with Crippen LogP contribution in [0.4, 0.5) is 4.79 Å². The molecule has 1 saturated carbocycles. The summed E-state index contributed by atoms with van der Waals surface area (Å²) in [5.74, 6) is 1.70. The molecule has 2 atom stereocenters. The number of alkyl carbamates (subject to hydrolysis) is 1. The van der Waals surface area contributed by atoms with E-state index in [4.69, 9.17) is 11.2 Å². The van der Waals surface area contributed by atoms with Gasteiger partial charge in [-0.1, -0.05) is 43.4 Å². The van der Waals surface area contributed by atoms with E-state index in [1.807, 2.05) is 0 Å². The van der Waals surface area contributed by atoms with Crippen LogP contribution in [0.15, 0.2) is 24.3 Å². The van der Waals surface area contributed by atoms with E-state index in [-0.39, 0.29) is 25.1 Å². The van der Waals surface area contributed by atoms with Crippen molar-refractivity contribution in [2.24, 2.45) is 0 Å². The van der Waals surface area contributed by atoms with Crippen molar-refractivity contribution in [2.75, 3.05) is 13.2 Å². The number of hydrogen-bond donors (Lipinski definition) is 3. The minimum Gasteiger partial charge on any atom is -0.444 e. The Morgan fingerprint density at radius 3 is 2.44 bits per heavy atom. The van der Waals surface area contributed by atoms with E-state index in [2.05, 4.69) is 16.6 Å². The number of aliphatic hydroxyl groups excluding tert-OH is 1. The fourth-order valence-electron chi connectivity index (χ4n) is 4.11. The maximum Gasteiger partial charge on any atom is 0.408 e. The normalized spacial score (nSPS) is 16.0. The van der Waals surface area contributed by atoms with E-state index in [0.717, 1.165) is 32.1 Å². The monoisotopic (exact) mass is 471 g/mol. The molecule has 1 aromatic carbocycles. The number of benzene rings is 1. The first-order chi connectivity index (χ1) is 16.1. The summed E-state index contributed by atoms with van der Waals surface area (Å²) in [5, 5.41) is 15.4. The highest BCUT2D eigenvalue weighted by Gasteiger charge is 2.36. The number of nitrogens with one attached hydrogen (secondary N) is 2. The van der Waals surface area contributed by atoms with Gasteiger partial charge in [-0.15, -0.1) is 6.42 Å². The number of nitrogens with zero attached hydrogens (tertiary/aromatic N) is 1. The van der Waals surface area contributed by atoms with E-state index in [1.54, 1.807) is 45.0 Å². The summed E-state index contributed by atoms with van der Waals surface area (Å²) in [5.41, 5.74) is 0.241. The number of hydrogen-bond acceptors (Lipinski definition) is 5. The van der Waals surface area contributed by atoms with Crippen molar-refractivity contribution in [3.63, 3.8) is 0 Å². The van der Waals surface area contributed by atoms with Gasteiger partial charge in [-0.2, -0.15) is 0 Å².